The Labute approximate surface area is 352 Å². The van der Waals surface area contributed by atoms with Crippen LogP contribution in [-0.2, 0) is 0 Å². The molecule has 0 bridgehead atoms. The summed E-state index contributed by atoms with van der Waals surface area (Å²) >= 11 is 0. The van der Waals surface area contributed by atoms with Crippen molar-refractivity contribution >= 4 is 54.3 Å². The molecule has 0 unspecified atom stereocenters. The number of fused-ring (bicyclic) bond motifs is 9. The van der Waals surface area contributed by atoms with E-state index in [9.17, 15) is 0 Å². The highest BCUT2D eigenvalue weighted by atomic mass is 16.3. The maximum atomic E-state index is 6.55. The van der Waals surface area contributed by atoms with E-state index in [0.717, 1.165) is 49.8 Å². The molecule has 12 rings (SSSR count). The third-order valence-corrected chi connectivity index (χ3v) is 11.9. The van der Waals surface area contributed by atoms with E-state index >= 15 is 0 Å². The Morgan fingerprint density at radius 3 is 1.18 bits per heavy atom. The van der Waals surface area contributed by atoms with Crippen LogP contribution in [-0.4, -0.2) is 15.0 Å². The summed E-state index contributed by atoms with van der Waals surface area (Å²) in [6.07, 6.45) is 0. The van der Waals surface area contributed by atoms with Crippen LogP contribution in [0.25, 0.3) is 122 Å². The first-order chi connectivity index (χ1) is 30.2. The minimum Gasteiger partial charge on any atom is -0.456 e. The molecular formula is C57H35N3O. The lowest BCUT2D eigenvalue weighted by Crippen LogP contribution is -2.00. The normalized spacial score (nSPS) is 11.6. The highest BCUT2D eigenvalue weighted by molar-refractivity contribution is 6.26. The molecule has 0 radical (unpaired) electrons. The molecule has 2 aromatic heterocycles. The Hall–Kier alpha value is -8.21. The standard InChI is InChI=1S/C57H35N3O/c1-3-15-36(16-4-1)55-58-56(37-17-5-2-6-18-37)60-57(59-55)40-28-31-50-52-34-39(29-32-53(52)61-54(50)35-40)42-20-8-10-22-44(42)43-21-9-7-19-41(43)38-27-30-49-47-25-12-11-23-45(47)46-24-13-14-26-48(46)51(49)33-38/h1-35H. The first kappa shape index (κ1) is 34.8. The predicted molar refractivity (Wildman–Crippen MR) is 252 cm³/mol. The summed E-state index contributed by atoms with van der Waals surface area (Å²) in [5.74, 6) is 1.85. The van der Waals surface area contributed by atoms with E-state index in [4.69, 9.17) is 19.4 Å². The molecule has 0 aliphatic carbocycles. The van der Waals surface area contributed by atoms with E-state index in [1.54, 1.807) is 0 Å². The molecule has 61 heavy (non-hydrogen) atoms. The van der Waals surface area contributed by atoms with Gasteiger partial charge < -0.3 is 4.42 Å². The van der Waals surface area contributed by atoms with Crippen LogP contribution in [0.1, 0.15) is 0 Å². The predicted octanol–water partition coefficient (Wildman–Crippen LogP) is 15.2. The minimum atomic E-state index is 0.594. The van der Waals surface area contributed by atoms with Crippen molar-refractivity contribution in [2.24, 2.45) is 0 Å². The molecule has 0 saturated heterocycles. The summed E-state index contributed by atoms with van der Waals surface area (Å²) in [5, 5.41) is 9.74. The second-order valence-electron chi connectivity index (χ2n) is 15.5. The van der Waals surface area contributed by atoms with Gasteiger partial charge in [0, 0.05) is 27.5 Å². The van der Waals surface area contributed by atoms with Crippen LogP contribution >= 0.6 is 0 Å². The molecule has 10 aromatic carbocycles. The minimum absolute atomic E-state index is 0.594. The van der Waals surface area contributed by atoms with Crippen molar-refractivity contribution in [3.63, 3.8) is 0 Å². The first-order valence-electron chi connectivity index (χ1n) is 20.6. The average molecular weight is 778 g/mol. The monoisotopic (exact) mass is 777 g/mol. The SMILES string of the molecule is c1ccc(-c2nc(-c3ccccc3)nc(-c3ccc4c(c3)oc3ccc(-c5ccccc5-c5ccccc5-c5ccc6c7ccccc7c7ccccc7c6c5)cc34)n2)cc1. The number of furan rings is 1. The fourth-order valence-corrected chi connectivity index (χ4v) is 9.04. The van der Waals surface area contributed by atoms with Gasteiger partial charge in [-0.15, -0.1) is 0 Å². The zero-order chi connectivity index (χ0) is 40.3. The van der Waals surface area contributed by atoms with Gasteiger partial charge in [-0.25, -0.2) is 15.0 Å². The number of aromatic nitrogens is 3. The van der Waals surface area contributed by atoms with Gasteiger partial charge in [-0.3, -0.25) is 0 Å². The van der Waals surface area contributed by atoms with Gasteiger partial charge >= 0.3 is 0 Å². The van der Waals surface area contributed by atoms with E-state index in [0.29, 0.717) is 17.5 Å². The summed E-state index contributed by atoms with van der Waals surface area (Å²) in [5.41, 5.74) is 11.4. The highest BCUT2D eigenvalue weighted by Crippen LogP contribution is 2.43. The molecule has 0 saturated carbocycles. The van der Waals surface area contributed by atoms with Gasteiger partial charge in [0.2, 0.25) is 0 Å². The van der Waals surface area contributed by atoms with Gasteiger partial charge in [0.15, 0.2) is 17.5 Å². The van der Waals surface area contributed by atoms with Crippen LogP contribution < -0.4 is 0 Å². The summed E-state index contributed by atoms with van der Waals surface area (Å²) in [6.45, 7) is 0. The number of nitrogens with zero attached hydrogens (tertiary/aromatic N) is 3. The molecule has 4 heteroatoms. The van der Waals surface area contributed by atoms with E-state index in [-0.39, 0.29) is 0 Å². The molecule has 0 atom stereocenters. The quantitative estimate of drug-likeness (QED) is 0.158. The van der Waals surface area contributed by atoms with Crippen LogP contribution in [0.2, 0.25) is 0 Å². The maximum Gasteiger partial charge on any atom is 0.164 e. The molecule has 2 heterocycles. The number of hydrogen-bond donors (Lipinski definition) is 0. The maximum absolute atomic E-state index is 6.55. The van der Waals surface area contributed by atoms with Gasteiger partial charge in [0.05, 0.1) is 0 Å². The Balaban J connectivity index is 0.955. The summed E-state index contributed by atoms with van der Waals surface area (Å²) < 4.78 is 6.55. The summed E-state index contributed by atoms with van der Waals surface area (Å²) in [4.78, 5) is 14.8. The van der Waals surface area contributed by atoms with Gasteiger partial charge in [-0.2, -0.15) is 0 Å². The van der Waals surface area contributed by atoms with Crippen molar-refractivity contribution < 1.29 is 4.42 Å². The third kappa shape index (κ3) is 5.96. The topological polar surface area (TPSA) is 51.8 Å². The van der Waals surface area contributed by atoms with E-state index < -0.39 is 0 Å². The first-order valence-corrected chi connectivity index (χ1v) is 20.6. The van der Waals surface area contributed by atoms with Gasteiger partial charge in [0.25, 0.3) is 0 Å². The molecule has 0 fully saturated rings. The Morgan fingerprint density at radius 1 is 0.230 bits per heavy atom. The molecule has 0 N–H and O–H groups in total. The van der Waals surface area contributed by atoms with Crippen LogP contribution in [0.3, 0.4) is 0 Å². The van der Waals surface area contributed by atoms with E-state index in [2.05, 4.69) is 146 Å². The number of rotatable bonds is 6. The second kappa shape index (κ2) is 14.3. The lowest BCUT2D eigenvalue weighted by atomic mass is 9.87. The van der Waals surface area contributed by atoms with Crippen LogP contribution in [0.4, 0.5) is 0 Å². The van der Waals surface area contributed by atoms with E-state index in [1.165, 1.54) is 54.6 Å². The Morgan fingerprint density at radius 2 is 0.623 bits per heavy atom. The van der Waals surface area contributed by atoms with Crippen molar-refractivity contribution in [1.29, 1.82) is 0 Å². The summed E-state index contributed by atoms with van der Waals surface area (Å²) in [7, 11) is 0. The Kier molecular flexibility index (Phi) is 8.13. The van der Waals surface area contributed by atoms with Crippen molar-refractivity contribution in [3.05, 3.63) is 212 Å². The van der Waals surface area contributed by atoms with Gasteiger partial charge in [0.1, 0.15) is 11.2 Å². The molecule has 0 aliphatic rings. The molecule has 284 valence electrons. The van der Waals surface area contributed by atoms with Gasteiger partial charge in [-0.1, -0.05) is 182 Å². The van der Waals surface area contributed by atoms with Crippen LogP contribution in [0, 0.1) is 0 Å². The lowest BCUT2D eigenvalue weighted by molar-refractivity contribution is 0.669. The van der Waals surface area contributed by atoms with E-state index in [1.807, 2.05) is 66.7 Å². The zero-order valence-electron chi connectivity index (χ0n) is 33.0. The zero-order valence-corrected chi connectivity index (χ0v) is 33.0. The largest absolute Gasteiger partial charge is 0.456 e. The molecule has 0 amide bonds. The van der Waals surface area contributed by atoms with Crippen molar-refractivity contribution in [1.82, 2.24) is 15.0 Å². The smallest absolute Gasteiger partial charge is 0.164 e. The average Bonchev–Trinajstić information content (AvgIpc) is 3.71. The van der Waals surface area contributed by atoms with Crippen molar-refractivity contribution in [2.75, 3.05) is 0 Å². The molecule has 0 aliphatic heterocycles. The summed E-state index contributed by atoms with van der Waals surface area (Å²) in [6, 6.07) is 74.9. The fourth-order valence-electron chi connectivity index (χ4n) is 9.04. The molecule has 0 spiro atoms. The third-order valence-electron chi connectivity index (χ3n) is 11.9. The van der Waals surface area contributed by atoms with Crippen LogP contribution in [0.15, 0.2) is 217 Å². The van der Waals surface area contributed by atoms with Gasteiger partial charge in [-0.05, 0) is 96.0 Å². The molecule has 12 aromatic rings. The molecule has 4 nitrogen and oxygen atoms in total. The second-order valence-corrected chi connectivity index (χ2v) is 15.5. The fraction of sp³-hybridized carbons (Fsp3) is 0. The number of benzene rings is 10. The molecular weight excluding hydrogens is 743 g/mol. The Bertz CT molecular complexity index is 3560. The lowest BCUT2D eigenvalue weighted by Gasteiger charge is -2.16. The number of hydrogen-bond acceptors (Lipinski definition) is 4. The van der Waals surface area contributed by atoms with Crippen molar-refractivity contribution in [2.45, 2.75) is 0 Å². The highest BCUT2D eigenvalue weighted by Gasteiger charge is 2.18. The van der Waals surface area contributed by atoms with Crippen molar-refractivity contribution in [3.8, 4) is 67.5 Å². The van der Waals surface area contributed by atoms with Crippen LogP contribution in [0.5, 0.6) is 0 Å².